The number of nitrogens with zero attached hydrogens (tertiary/aromatic N) is 2. The molecule has 6 nitrogen and oxygen atoms in total. The average molecular weight is 521 g/mol. The molecule has 0 radical (unpaired) electrons. The first-order chi connectivity index (χ1) is 17.0. The van der Waals surface area contributed by atoms with Gasteiger partial charge in [0.25, 0.3) is 0 Å². The minimum absolute atomic E-state index is 0.0544. The second kappa shape index (κ2) is 14.4. The zero-order valence-electron chi connectivity index (χ0n) is 21.5. The summed E-state index contributed by atoms with van der Waals surface area (Å²) in [5.74, 6) is 1.75. The highest BCUT2D eigenvalue weighted by Gasteiger charge is 2.29. The average Bonchev–Trinajstić information content (AvgIpc) is 3.14. The maximum Gasteiger partial charge on any atom is 0.237 e. The van der Waals surface area contributed by atoms with Gasteiger partial charge in [-0.1, -0.05) is 38.2 Å². The lowest BCUT2D eigenvalue weighted by atomic mass is 9.84. The third-order valence-electron chi connectivity index (χ3n) is 7.33. The SMILES string of the molecule is CCCN(CCC1CCC(NS(=O)(=O)C2=CC=CC=CC2)CC1)[C@H]1CCC(N=CN)=C(SCC)C1. The standard InChI is InChI=1S/C27H44N4O2S2/c1-3-18-31(24-15-16-26(29-21-28)27(20-24)34-4-2)19-17-22-11-13-23(14-12-22)30-35(32,33)25-9-7-5-6-8-10-25/h5-9,21-24,30H,3-4,10-20H2,1-2H3,(H2,28,29)/t22?,23?,24-/m0/s1. The monoisotopic (exact) mass is 520 g/mol. The third kappa shape index (κ3) is 8.62. The van der Waals surface area contributed by atoms with Gasteiger partial charge in [-0.3, -0.25) is 0 Å². The van der Waals surface area contributed by atoms with Crippen molar-refractivity contribution >= 4 is 28.1 Å². The van der Waals surface area contributed by atoms with E-state index < -0.39 is 10.0 Å². The number of thioether (sulfide) groups is 1. The molecule has 0 saturated heterocycles. The van der Waals surface area contributed by atoms with Crippen molar-refractivity contribution in [2.75, 3.05) is 18.8 Å². The highest BCUT2D eigenvalue weighted by atomic mass is 32.2. The number of sulfonamides is 1. The molecule has 1 saturated carbocycles. The molecule has 3 aliphatic rings. The fraction of sp³-hybridized carbons (Fsp3) is 0.667. The molecule has 35 heavy (non-hydrogen) atoms. The van der Waals surface area contributed by atoms with E-state index in [4.69, 9.17) is 5.73 Å². The van der Waals surface area contributed by atoms with Gasteiger partial charge in [-0.25, -0.2) is 18.1 Å². The van der Waals surface area contributed by atoms with Crippen LogP contribution < -0.4 is 10.5 Å². The number of hydrogen-bond acceptors (Lipinski definition) is 5. The Morgan fingerprint density at radius 3 is 2.66 bits per heavy atom. The number of aliphatic imine (C=N–C) groups is 1. The molecule has 0 bridgehead atoms. The first-order valence-electron chi connectivity index (χ1n) is 13.3. The van der Waals surface area contributed by atoms with Crippen molar-refractivity contribution in [3.05, 3.63) is 45.9 Å². The Kier molecular flexibility index (Phi) is 11.6. The molecule has 1 atom stereocenters. The van der Waals surface area contributed by atoms with Crippen LogP contribution in [0.15, 0.2) is 50.9 Å². The Labute approximate surface area is 217 Å². The Morgan fingerprint density at radius 2 is 1.94 bits per heavy atom. The van der Waals surface area contributed by atoms with Crippen LogP contribution >= 0.6 is 11.8 Å². The van der Waals surface area contributed by atoms with Crippen LogP contribution in [0, 0.1) is 5.92 Å². The summed E-state index contributed by atoms with van der Waals surface area (Å²) in [6, 6.07) is 0.638. The van der Waals surface area contributed by atoms with E-state index in [1.807, 2.05) is 30.0 Å². The summed E-state index contributed by atoms with van der Waals surface area (Å²) >= 11 is 1.92. The maximum absolute atomic E-state index is 12.8. The van der Waals surface area contributed by atoms with E-state index in [0.29, 0.717) is 23.3 Å². The molecular formula is C27H44N4O2S2. The topological polar surface area (TPSA) is 87.8 Å². The van der Waals surface area contributed by atoms with Gasteiger partial charge in [0.2, 0.25) is 10.0 Å². The van der Waals surface area contributed by atoms with Crippen LogP contribution in [0.3, 0.4) is 0 Å². The molecule has 3 aliphatic carbocycles. The van der Waals surface area contributed by atoms with Crippen LogP contribution in [-0.2, 0) is 10.0 Å². The number of allylic oxidation sites excluding steroid dienone is 7. The lowest BCUT2D eigenvalue weighted by Crippen LogP contribution is -2.40. The van der Waals surface area contributed by atoms with Crippen molar-refractivity contribution in [1.29, 1.82) is 0 Å². The normalized spacial score (nSPS) is 25.9. The van der Waals surface area contributed by atoms with Gasteiger partial charge < -0.3 is 10.6 Å². The van der Waals surface area contributed by atoms with Gasteiger partial charge in [0.1, 0.15) is 0 Å². The van der Waals surface area contributed by atoms with Crippen molar-refractivity contribution in [2.45, 2.75) is 90.1 Å². The van der Waals surface area contributed by atoms with Crippen molar-refractivity contribution in [3.63, 3.8) is 0 Å². The third-order valence-corrected chi connectivity index (χ3v) is 10.0. The second-order valence-electron chi connectivity index (χ2n) is 9.79. The Hall–Kier alpha value is -1.35. The maximum atomic E-state index is 12.8. The van der Waals surface area contributed by atoms with Gasteiger partial charge in [0.15, 0.2) is 0 Å². The van der Waals surface area contributed by atoms with E-state index in [1.165, 1.54) is 29.8 Å². The first kappa shape index (κ1) is 28.2. The molecule has 0 aliphatic heterocycles. The predicted octanol–water partition coefficient (Wildman–Crippen LogP) is 5.47. The first-order valence-corrected chi connectivity index (χ1v) is 15.8. The van der Waals surface area contributed by atoms with Gasteiger partial charge in [-0.15, -0.1) is 11.8 Å². The number of nitrogens with one attached hydrogen (secondary N) is 1. The molecule has 8 heteroatoms. The molecule has 0 aromatic heterocycles. The van der Waals surface area contributed by atoms with Crippen LogP contribution in [0.1, 0.15) is 78.1 Å². The van der Waals surface area contributed by atoms with Crippen molar-refractivity contribution in [1.82, 2.24) is 9.62 Å². The van der Waals surface area contributed by atoms with Gasteiger partial charge in [-0.05, 0) is 88.6 Å². The quantitative estimate of drug-likeness (QED) is 0.263. The van der Waals surface area contributed by atoms with Gasteiger partial charge in [0, 0.05) is 23.4 Å². The van der Waals surface area contributed by atoms with Crippen LogP contribution in [0.25, 0.3) is 0 Å². The predicted molar refractivity (Wildman–Crippen MR) is 151 cm³/mol. The van der Waals surface area contributed by atoms with Crippen LogP contribution in [0.4, 0.5) is 0 Å². The number of nitrogens with two attached hydrogens (primary N) is 1. The van der Waals surface area contributed by atoms with E-state index in [9.17, 15) is 8.42 Å². The fourth-order valence-electron chi connectivity index (χ4n) is 5.47. The van der Waals surface area contributed by atoms with Crippen molar-refractivity contribution in [2.24, 2.45) is 16.6 Å². The summed E-state index contributed by atoms with van der Waals surface area (Å²) < 4.78 is 28.6. The molecule has 0 unspecified atom stereocenters. The van der Waals surface area contributed by atoms with Gasteiger partial charge in [0.05, 0.1) is 16.9 Å². The Bertz CT molecular complexity index is 929. The number of hydrogen-bond donors (Lipinski definition) is 2. The van der Waals surface area contributed by atoms with Crippen molar-refractivity contribution < 1.29 is 8.42 Å². The minimum atomic E-state index is -3.41. The van der Waals surface area contributed by atoms with E-state index in [-0.39, 0.29) is 6.04 Å². The van der Waals surface area contributed by atoms with E-state index in [2.05, 4.69) is 28.5 Å². The zero-order chi connectivity index (χ0) is 25.1. The second-order valence-corrected chi connectivity index (χ2v) is 12.9. The summed E-state index contributed by atoms with van der Waals surface area (Å²) in [6.45, 7) is 6.74. The summed E-state index contributed by atoms with van der Waals surface area (Å²) in [5.41, 5.74) is 6.77. The molecular weight excluding hydrogens is 476 g/mol. The Morgan fingerprint density at radius 1 is 1.14 bits per heavy atom. The molecule has 196 valence electrons. The van der Waals surface area contributed by atoms with E-state index >= 15 is 0 Å². The minimum Gasteiger partial charge on any atom is -0.390 e. The zero-order valence-corrected chi connectivity index (χ0v) is 23.1. The molecule has 0 aromatic carbocycles. The Balaban J connectivity index is 1.49. The fourth-order valence-corrected chi connectivity index (χ4v) is 7.84. The van der Waals surface area contributed by atoms with Gasteiger partial charge >= 0.3 is 0 Å². The summed E-state index contributed by atoms with van der Waals surface area (Å²) in [4.78, 5) is 9.02. The largest absolute Gasteiger partial charge is 0.390 e. The highest BCUT2D eigenvalue weighted by Crippen LogP contribution is 2.36. The van der Waals surface area contributed by atoms with Crippen LogP contribution in [-0.4, -0.2) is 50.6 Å². The molecule has 3 rings (SSSR count). The molecule has 0 amide bonds. The van der Waals surface area contributed by atoms with Crippen LogP contribution in [0.2, 0.25) is 0 Å². The molecule has 0 aromatic rings. The molecule has 0 spiro atoms. The smallest absolute Gasteiger partial charge is 0.237 e. The molecule has 3 N–H and O–H groups in total. The van der Waals surface area contributed by atoms with E-state index in [0.717, 1.165) is 63.8 Å². The lowest BCUT2D eigenvalue weighted by molar-refractivity contribution is 0.160. The van der Waals surface area contributed by atoms with Gasteiger partial charge in [-0.2, -0.15) is 0 Å². The van der Waals surface area contributed by atoms with Crippen molar-refractivity contribution in [3.8, 4) is 0 Å². The molecule has 1 fully saturated rings. The van der Waals surface area contributed by atoms with E-state index in [1.54, 1.807) is 12.2 Å². The number of rotatable bonds is 12. The summed E-state index contributed by atoms with van der Waals surface area (Å²) in [5, 5.41) is 0. The van der Waals surface area contributed by atoms with Crippen LogP contribution in [0.5, 0.6) is 0 Å². The molecule has 0 heterocycles. The summed E-state index contributed by atoms with van der Waals surface area (Å²) in [7, 11) is -3.41. The highest BCUT2D eigenvalue weighted by molar-refractivity contribution is 8.03. The lowest BCUT2D eigenvalue weighted by Gasteiger charge is -2.37. The summed E-state index contributed by atoms with van der Waals surface area (Å²) in [6.07, 6.45) is 20.7.